The molecular weight excluding hydrogens is 286 g/mol. The standard InChI is InChI=1S/C9H11N7O3S/c1-4-5(16(18)19)6(12-7(10-2)11-4)20-9-14-13-8(17)15(9)3/h1-3H3,(H,13,17)(H,10,11,12). The molecule has 2 heterocycles. The van der Waals surface area contributed by atoms with Gasteiger partial charge in [-0.3, -0.25) is 14.7 Å². The summed E-state index contributed by atoms with van der Waals surface area (Å²) in [6.45, 7) is 1.52. The van der Waals surface area contributed by atoms with Gasteiger partial charge in [-0.15, -0.1) is 5.10 Å². The Morgan fingerprint density at radius 2 is 2.15 bits per heavy atom. The zero-order valence-electron chi connectivity index (χ0n) is 10.9. The minimum atomic E-state index is -0.554. The second-order valence-corrected chi connectivity index (χ2v) is 4.72. The van der Waals surface area contributed by atoms with Crippen molar-refractivity contribution in [2.75, 3.05) is 12.4 Å². The number of aromatic nitrogens is 5. The third-order valence-corrected chi connectivity index (χ3v) is 3.48. The van der Waals surface area contributed by atoms with Crippen molar-refractivity contribution in [2.45, 2.75) is 17.1 Å². The van der Waals surface area contributed by atoms with E-state index in [1.54, 1.807) is 7.05 Å². The van der Waals surface area contributed by atoms with Gasteiger partial charge in [0.05, 0.1) is 4.92 Å². The third-order valence-electron chi connectivity index (χ3n) is 2.46. The molecule has 20 heavy (non-hydrogen) atoms. The number of nitro groups is 1. The second-order valence-electron chi connectivity index (χ2n) is 3.77. The molecule has 2 N–H and O–H groups in total. The molecule has 0 bridgehead atoms. The summed E-state index contributed by atoms with van der Waals surface area (Å²) in [4.78, 5) is 29.9. The second kappa shape index (κ2) is 5.28. The van der Waals surface area contributed by atoms with E-state index in [1.165, 1.54) is 18.5 Å². The van der Waals surface area contributed by atoms with E-state index in [-0.39, 0.29) is 27.5 Å². The van der Waals surface area contributed by atoms with Gasteiger partial charge in [-0.1, -0.05) is 0 Å². The fourth-order valence-corrected chi connectivity index (χ4v) is 2.38. The van der Waals surface area contributed by atoms with Crippen molar-refractivity contribution < 1.29 is 4.92 Å². The Balaban J connectivity index is 2.54. The van der Waals surface area contributed by atoms with Crippen LogP contribution in [0.4, 0.5) is 11.6 Å². The number of nitrogens with one attached hydrogen (secondary N) is 2. The number of H-pyrrole nitrogens is 1. The molecule has 2 rings (SSSR count). The molecule has 0 fully saturated rings. The summed E-state index contributed by atoms with van der Waals surface area (Å²) in [5, 5.41) is 20.3. The van der Waals surface area contributed by atoms with Crippen molar-refractivity contribution in [1.29, 1.82) is 0 Å². The maximum Gasteiger partial charge on any atom is 0.343 e. The van der Waals surface area contributed by atoms with Crippen LogP contribution in [0.3, 0.4) is 0 Å². The first kappa shape index (κ1) is 14.0. The maximum atomic E-state index is 11.3. The van der Waals surface area contributed by atoms with E-state index in [2.05, 4.69) is 25.5 Å². The Bertz CT molecular complexity index is 723. The van der Waals surface area contributed by atoms with E-state index in [0.29, 0.717) is 0 Å². The summed E-state index contributed by atoms with van der Waals surface area (Å²) in [6.07, 6.45) is 0. The Hall–Kier alpha value is -2.43. The molecule has 0 aliphatic carbocycles. The lowest BCUT2D eigenvalue weighted by molar-refractivity contribution is -0.389. The molecule has 0 saturated heterocycles. The van der Waals surface area contributed by atoms with Gasteiger partial charge >= 0.3 is 11.4 Å². The highest BCUT2D eigenvalue weighted by atomic mass is 32.2. The Morgan fingerprint density at radius 3 is 2.65 bits per heavy atom. The monoisotopic (exact) mass is 297 g/mol. The van der Waals surface area contributed by atoms with Gasteiger partial charge in [-0.2, -0.15) is 4.98 Å². The van der Waals surface area contributed by atoms with Gasteiger partial charge < -0.3 is 5.32 Å². The summed E-state index contributed by atoms with van der Waals surface area (Å²) in [7, 11) is 3.12. The summed E-state index contributed by atoms with van der Waals surface area (Å²) in [5.41, 5.74) is -0.378. The maximum absolute atomic E-state index is 11.3. The third kappa shape index (κ3) is 2.47. The first-order chi connectivity index (χ1) is 9.43. The predicted molar refractivity (Wildman–Crippen MR) is 70.9 cm³/mol. The van der Waals surface area contributed by atoms with Crippen LogP contribution in [0, 0.1) is 17.0 Å². The number of hydrogen-bond acceptors (Lipinski definition) is 8. The van der Waals surface area contributed by atoms with E-state index >= 15 is 0 Å². The number of anilines is 1. The van der Waals surface area contributed by atoms with Gasteiger partial charge in [0, 0.05) is 14.1 Å². The van der Waals surface area contributed by atoms with Crippen LogP contribution in [0.2, 0.25) is 0 Å². The van der Waals surface area contributed by atoms with Crippen LogP contribution in [0.25, 0.3) is 0 Å². The molecule has 10 nitrogen and oxygen atoms in total. The lowest BCUT2D eigenvalue weighted by Gasteiger charge is -2.06. The summed E-state index contributed by atoms with van der Waals surface area (Å²) in [6, 6.07) is 0. The average molecular weight is 297 g/mol. The van der Waals surface area contributed by atoms with Crippen LogP contribution in [-0.4, -0.2) is 36.7 Å². The highest BCUT2D eigenvalue weighted by molar-refractivity contribution is 7.99. The average Bonchev–Trinajstić information content (AvgIpc) is 2.69. The Morgan fingerprint density at radius 1 is 1.45 bits per heavy atom. The molecule has 0 amide bonds. The lowest BCUT2D eigenvalue weighted by atomic mass is 10.4. The smallest absolute Gasteiger partial charge is 0.343 e. The van der Waals surface area contributed by atoms with Crippen molar-refractivity contribution in [3.63, 3.8) is 0 Å². The molecule has 2 aromatic rings. The van der Waals surface area contributed by atoms with Crippen molar-refractivity contribution in [3.8, 4) is 0 Å². The van der Waals surface area contributed by atoms with Crippen molar-refractivity contribution in [1.82, 2.24) is 24.7 Å². The quantitative estimate of drug-likeness (QED) is 0.468. The Labute approximate surface area is 116 Å². The molecule has 0 aliphatic rings. The molecule has 0 aliphatic heterocycles. The number of hydrogen-bond donors (Lipinski definition) is 2. The molecule has 2 aromatic heterocycles. The van der Waals surface area contributed by atoms with Crippen LogP contribution in [0.5, 0.6) is 0 Å². The molecule has 0 spiro atoms. The largest absolute Gasteiger partial charge is 0.357 e. The van der Waals surface area contributed by atoms with Crippen LogP contribution < -0.4 is 11.0 Å². The predicted octanol–water partition coefficient (Wildman–Crippen LogP) is 0.308. The van der Waals surface area contributed by atoms with E-state index in [1.807, 2.05) is 0 Å². The normalized spacial score (nSPS) is 10.6. The zero-order valence-corrected chi connectivity index (χ0v) is 11.7. The summed E-state index contributed by atoms with van der Waals surface area (Å²) >= 11 is 0.922. The fraction of sp³-hybridized carbons (Fsp3) is 0.333. The lowest BCUT2D eigenvalue weighted by Crippen LogP contribution is -2.13. The number of aromatic amines is 1. The molecule has 11 heteroatoms. The molecule has 0 atom stereocenters. The van der Waals surface area contributed by atoms with E-state index in [9.17, 15) is 14.9 Å². The zero-order chi connectivity index (χ0) is 14.9. The van der Waals surface area contributed by atoms with Crippen molar-refractivity contribution in [2.24, 2.45) is 7.05 Å². The molecule has 0 unspecified atom stereocenters. The first-order valence-corrected chi connectivity index (χ1v) is 6.25. The topological polar surface area (TPSA) is 132 Å². The van der Waals surface area contributed by atoms with Gasteiger partial charge in [-0.25, -0.2) is 14.9 Å². The molecule has 0 saturated carbocycles. The fourth-order valence-electron chi connectivity index (χ4n) is 1.44. The first-order valence-electron chi connectivity index (χ1n) is 5.44. The molecule has 106 valence electrons. The van der Waals surface area contributed by atoms with Crippen LogP contribution in [0.1, 0.15) is 5.69 Å². The van der Waals surface area contributed by atoms with Gasteiger partial charge in [0.2, 0.25) is 5.95 Å². The van der Waals surface area contributed by atoms with Gasteiger partial charge in [-0.05, 0) is 18.7 Å². The van der Waals surface area contributed by atoms with Gasteiger partial charge in [0.15, 0.2) is 10.2 Å². The minimum Gasteiger partial charge on any atom is -0.357 e. The van der Waals surface area contributed by atoms with E-state index < -0.39 is 10.6 Å². The van der Waals surface area contributed by atoms with Crippen LogP contribution >= 0.6 is 11.8 Å². The molecule has 0 aromatic carbocycles. The van der Waals surface area contributed by atoms with Crippen molar-refractivity contribution >= 4 is 23.4 Å². The minimum absolute atomic E-state index is 0.119. The summed E-state index contributed by atoms with van der Waals surface area (Å²) < 4.78 is 1.24. The molecular formula is C9H11N7O3S. The number of nitrogens with zero attached hydrogens (tertiary/aromatic N) is 5. The highest BCUT2D eigenvalue weighted by Crippen LogP contribution is 2.33. The van der Waals surface area contributed by atoms with Gasteiger partial charge in [0.25, 0.3) is 0 Å². The van der Waals surface area contributed by atoms with Crippen LogP contribution in [0.15, 0.2) is 15.0 Å². The summed E-state index contributed by atoms with van der Waals surface area (Å²) in [5.74, 6) is 0.260. The van der Waals surface area contributed by atoms with E-state index in [4.69, 9.17) is 0 Å². The van der Waals surface area contributed by atoms with Crippen LogP contribution in [-0.2, 0) is 7.05 Å². The number of aryl methyl sites for hydroxylation is 1. The van der Waals surface area contributed by atoms with Gasteiger partial charge in [0.1, 0.15) is 5.69 Å². The van der Waals surface area contributed by atoms with Crippen molar-refractivity contribution in [3.05, 3.63) is 26.3 Å². The highest BCUT2D eigenvalue weighted by Gasteiger charge is 2.24. The SMILES string of the molecule is CNc1nc(C)c([N+](=O)[O-])c(Sc2n[nH]c(=O)n2C)n1. The molecule has 0 radical (unpaired) electrons. The Kier molecular flexibility index (Phi) is 3.70. The number of rotatable bonds is 4. The van der Waals surface area contributed by atoms with E-state index in [0.717, 1.165) is 11.8 Å².